The van der Waals surface area contributed by atoms with Crippen molar-refractivity contribution in [1.82, 2.24) is 4.90 Å². The van der Waals surface area contributed by atoms with Crippen molar-refractivity contribution >= 4 is 38.4 Å². The smallest absolute Gasteiger partial charge is 0.350 e. The molecule has 9 nitrogen and oxygen atoms in total. The molecule has 1 amide bonds. The Morgan fingerprint density at radius 2 is 1.74 bits per heavy atom. The van der Waals surface area contributed by atoms with Gasteiger partial charge in [-0.15, -0.1) is 0 Å². The molecule has 2 aliphatic rings. The van der Waals surface area contributed by atoms with Crippen LogP contribution in [0.3, 0.4) is 0 Å². The molecule has 1 N–H and O–H groups in total. The fraction of sp³-hybridized carbons (Fsp3) is 0.500. The SMILES string of the molecule is Cc1c(C(Nc2ccc(C(=O)N(C)CCC(=O)OF)cc2)C2CCCCC2)oc2ccc(OC3CCS(=O)(=O)CC3)cc12. The van der Waals surface area contributed by atoms with Gasteiger partial charge in [-0.05, 0) is 81.0 Å². The molecule has 1 unspecified atom stereocenters. The highest BCUT2D eigenvalue weighted by Gasteiger charge is 2.31. The van der Waals surface area contributed by atoms with Gasteiger partial charge >= 0.3 is 5.97 Å². The molecule has 5 rings (SSSR count). The molecular weight excluding hydrogens is 575 g/mol. The molecule has 0 spiro atoms. The molecule has 0 bridgehead atoms. The van der Waals surface area contributed by atoms with Crippen LogP contribution in [0, 0.1) is 12.8 Å². The predicted octanol–water partition coefficient (Wildman–Crippen LogP) is 6.32. The first-order chi connectivity index (χ1) is 20.6. The van der Waals surface area contributed by atoms with Crippen LogP contribution in [0.1, 0.15) is 79.1 Å². The van der Waals surface area contributed by atoms with Crippen LogP contribution in [0.25, 0.3) is 11.0 Å². The Bertz CT molecular complexity index is 1530. The Hall–Kier alpha value is -3.60. The quantitative estimate of drug-likeness (QED) is 0.282. The lowest BCUT2D eigenvalue weighted by Crippen LogP contribution is -2.30. The lowest BCUT2D eigenvalue weighted by atomic mass is 9.82. The second-order valence-corrected chi connectivity index (χ2v) is 14.0. The number of ether oxygens (including phenoxy) is 1. The van der Waals surface area contributed by atoms with E-state index in [1.54, 1.807) is 19.2 Å². The summed E-state index contributed by atoms with van der Waals surface area (Å²) in [5.41, 5.74) is 3.12. The molecule has 1 saturated carbocycles. The van der Waals surface area contributed by atoms with E-state index < -0.39 is 15.8 Å². The van der Waals surface area contributed by atoms with Gasteiger partial charge in [-0.25, -0.2) is 13.2 Å². The number of benzene rings is 2. The summed E-state index contributed by atoms with van der Waals surface area (Å²) < 4.78 is 48.3. The Morgan fingerprint density at radius 3 is 2.42 bits per heavy atom. The highest BCUT2D eigenvalue weighted by molar-refractivity contribution is 7.91. The Kier molecular flexibility index (Phi) is 9.59. The third-order valence-corrected chi connectivity index (χ3v) is 10.4. The van der Waals surface area contributed by atoms with Crippen LogP contribution in [0.4, 0.5) is 10.2 Å². The van der Waals surface area contributed by atoms with Crippen molar-refractivity contribution in [1.29, 1.82) is 0 Å². The van der Waals surface area contributed by atoms with Crippen LogP contribution >= 0.6 is 0 Å². The van der Waals surface area contributed by atoms with Crippen molar-refractivity contribution in [2.45, 2.75) is 70.4 Å². The first kappa shape index (κ1) is 30.8. The highest BCUT2D eigenvalue weighted by Crippen LogP contribution is 2.41. The number of furan rings is 1. The van der Waals surface area contributed by atoms with Crippen molar-refractivity contribution in [3.8, 4) is 5.75 Å². The summed E-state index contributed by atoms with van der Waals surface area (Å²) in [6.07, 6.45) is 6.35. The minimum Gasteiger partial charge on any atom is -0.490 e. The minimum atomic E-state index is -2.96. The van der Waals surface area contributed by atoms with Crippen LogP contribution in [0.2, 0.25) is 0 Å². The van der Waals surface area contributed by atoms with Crippen molar-refractivity contribution in [2.75, 3.05) is 30.4 Å². The zero-order chi connectivity index (χ0) is 30.6. The third-order valence-electron chi connectivity index (χ3n) is 8.69. The molecule has 43 heavy (non-hydrogen) atoms. The molecule has 3 aromatic rings. The number of anilines is 1. The number of halogens is 1. The summed E-state index contributed by atoms with van der Waals surface area (Å²) in [6, 6.07) is 12.9. The average molecular weight is 615 g/mol. The van der Waals surface area contributed by atoms with E-state index in [1.807, 2.05) is 30.3 Å². The van der Waals surface area contributed by atoms with Crippen LogP contribution in [0.15, 0.2) is 46.9 Å². The van der Waals surface area contributed by atoms with Gasteiger partial charge in [0.05, 0.1) is 24.0 Å². The maximum atomic E-state index is 12.8. The van der Waals surface area contributed by atoms with Crippen LogP contribution in [0.5, 0.6) is 5.75 Å². The molecule has 1 aromatic heterocycles. The number of amides is 1. The standard InChI is InChI=1S/C32H39FN2O7S/c1-21-27-20-26(40-25-15-18-43(38,39)19-16-25)12-13-28(27)41-31(21)30(22-6-4-3-5-7-22)34-24-10-8-23(9-11-24)32(37)35(2)17-14-29(36)42-33/h8-13,20,22,25,30,34H,3-7,14-19H2,1-2H3. The molecule has 2 heterocycles. The fourth-order valence-electron chi connectivity index (χ4n) is 6.14. The van der Waals surface area contributed by atoms with E-state index >= 15 is 0 Å². The number of fused-ring (bicyclic) bond motifs is 1. The molecule has 0 radical (unpaired) electrons. The first-order valence-electron chi connectivity index (χ1n) is 15.0. The maximum Gasteiger partial charge on any atom is 0.350 e. The summed E-state index contributed by atoms with van der Waals surface area (Å²) in [6.45, 7) is 2.11. The number of aryl methyl sites for hydroxylation is 1. The van der Waals surface area contributed by atoms with Gasteiger partial charge in [0.1, 0.15) is 23.2 Å². The molecule has 232 valence electrons. The Morgan fingerprint density at radius 1 is 1.05 bits per heavy atom. The van der Waals surface area contributed by atoms with E-state index in [4.69, 9.17) is 9.15 Å². The van der Waals surface area contributed by atoms with Crippen molar-refractivity contribution in [2.24, 2.45) is 5.92 Å². The number of carbonyl (C=O) groups excluding carboxylic acids is 2. The summed E-state index contributed by atoms with van der Waals surface area (Å²) in [5, 5.41) is 4.66. The van der Waals surface area contributed by atoms with E-state index in [2.05, 4.69) is 17.2 Å². The molecule has 1 saturated heterocycles. The van der Waals surface area contributed by atoms with Crippen LogP contribution in [-0.4, -0.2) is 56.4 Å². The Labute approximate surface area is 251 Å². The van der Waals surface area contributed by atoms with Gasteiger partial charge in [0, 0.05) is 40.3 Å². The highest BCUT2D eigenvalue weighted by atomic mass is 32.2. The zero-order valence-corrected chi connectivity index (χ0v) is 25.5. The fourth-order valence-corrected chi connectivity index (χ4v) is 7.59. The van der Waals surface area contributed by atoms with Gasteiger partial charge in [0.2, 0.25) is 0 Å². The zero-order valence-electron chi connectivity index (χ0n) is 24.6. The summed E-state index contributed by atoms with van der Waals surface area (Å²) >= 11 is 0. The summed E-state index contributed by atoms with van der Waals surface area (Å²) in [7, 11) is -1.40. The first-order valence-corrected chi connectivity index (χ1v) is 16.8. The number of nitrogens with one attached hydrogen (secondary N) is 1. The molecule has 1 atom stereocenters. The lowest BCUT2D eigenvalue weighted by Gasteiger charge is -2.31. The average Bonchev–Trinajstić information content (AvgIpc) is 3.35. The van der Waals surface area contributed by atoms with Gasteiger partial charge in [-0.2, -0.15) is 0 Å². The third kappa shape index (κ3) is 7.49. The molecule has 11 heteroatoms. The number of hydrogen-bond acceptors (Lipinski definition) is 8. The monoisotopic (exact) mass is 614 g/mol. The van der Waals surface area contributed by atoms with E-state index in [9.17, 15) is 22.5 Å². The van der Waals surface area contributed by atoms with Crippen molar-refractivity contribution in [3.05, 3.63) is 59.4 Å². The van der Waals surface area contributed by atoms with Gasteiger partial charge in [0.15, 0.2) is 9.84 Å². The summed E-state index contributed by atoms with van der Waals surface area (Å²) in [5.74, 6) is 0.986. The molecular formula is C32H39FN2O7S. The largest absolute Gasteiger partial charge is 0.490 e. The number of sulfone groups is 1. The van der Waals surface area contributed by atoms with Crippen molar-refractivity contribution in [3.63, 3.8) is 0 Å². The second kappa shape index (κ2) is 13.4. The van der Waals surface area contributed by atoms with Crippen LogP contribution in [-0.2, 0) is 19.6 Å². The number of carbonyl (C=O) groups is 2. The van der Waals surface area contributed by atoms with Gasteiger partial charge in [-0.1, -0.05) is 19.3 Å². The predicted molar refractivity (Wildman–Crippen MR) is 161 cm³/mol. The Balaban J connectivity index is 1.34. The summed E-state index contributed by atoms with van der Waals surface area (Å²) in [4.78, 5) is 28.4. The molecule has 1 aliphatic carbocycles. The van der Waals surface area contributed by atoms with Crippen LogP contribution < -0.4 is 10.1 Å². The lowest BCUT2D eigenvalue weighted by molar-refractivity contribution is -0.183. The second-order valence-electron chi connectivity index (χ2n) is 11.7. The minimum absolute atomic E-state index is 0.0476. The van der Waals surface area contributed by atoms with E-state index in [0.717, 1.165) is 53.7 Å². The van der Waals surface area contributed by atoms with Gasteiger partial charge in [0.25, 0.3) is 5.91 Å². The van der Waals surface area contributed by atoms with Crippen molar-refractivity contribution < 1.29 is 36.6 Å². The van der Waals surface area contributed by atoms with E-state index in [0.29, 0.717) is 30.1 Å². The topological polar surface area (TPSA) is 115 Å². The number of rotatable bonds is 10. The van der Waals surface area contributed by atoms with Gasteiger partial charge in [-0.3, -0.25) is 9.74 Å². The van der Waals surface area contributed by atoms with E-state index in [1.165, 1.54) is 11.3 Å². The number of nitrogens with zero attached hydrogens (tertiary/aromatic N) is 1. The normalized spacial score (nSPS) is 18.2. The maximum absolute atomic E-state index is 12.8. The molecule has 1 aliphatic heterocycles. The van der Waals surface area contributed by atoms with Gasteiger partial charge < -0.3 is 19.4 Å². The number of hydrogen-bond donors (Lipinski definition) is 1. The molecule has 2 fully saturated rings. The molecule has 2 aromatic carbocycles. The van der Waals surface area contributed by atoms with E-state index in [-0.39, 0.29) is 42.5 Å².